The Labute approximate surface area is 280 Å². The van der Waals surface area contributed by atoms with E-state index >= 15 is 0 Å². The molecular weight excluding hydrogens is 642 g/mol. The van der Waals surface area contributed by atoms with E-state index in [1.165, 1.54) is 44.9 Å². The Kier molecular flexibility index (Phi) is 18.6. The summed E-state index contributed by atoms with van der Waals surface area (Å²) < 4.78 is 36.2. The summed E-state index contributed by atoms with van der Waals surface area (Å²) in [6.45, 7) is 11.2. The Hall–Kier alpha value is 0.870. The van der Waals surface area contributed by atoms with Crippen LogP contribution in [0.1, 0.15) is 91.4 Å². The molecule has 0 aromatic rings. The van der Waals surface area contributed by atoms with Crippen LogP contribution in [0, 0.1) is 46.3 Å². The third-order valence-electron chi connectivity index (χ3n) is 11.8. The highest BCUT2D eigenvalue weighted by Crippen LogP contribution is 2.68. The summed E-state index contributed by atoms with van der Waals surface area (Å²) in [7, 11) is -4.40. The molecule has 4 aliphatic rings. The zero-order valence-corrected chi connectivity index (χ0v) is 29.9. The third kappa shape index (κ3) is 9.69. The molecule has 254 valence electrons. The van der Waals surface area contributed by atoms with Crippen molar-refractivity contribution in [1.29, 1.82) is 0 Å². The Bertz CT molecular complexity index is 894. The van der Waals surface area contributed by atoms with Gasteiger partial charge in [-0.05, 0) is 143 Å². The van der Waals surface area contributed by atoms with Gasteiger partial charge in [-0.3, -0.25) is 4.55 Å². The molecule has 0 radical (unpaired) electrons. The smallest absolute Gasteiger partial charge is 0.330 e. The Morgan fingerprint density at radius 3 is 2.21 bits per heavy atom. The van der Waals surface area contributed by atoms with Crippen LogP contribution in [-0.2, 0) is 14.6 Å². The number of nitrogens with two attached hydrogens (primary N) is 2. The molecule has 13 heteroatoms. The van der Waals surface area contributed by atoms with Gasteiger partial charge in [0, 0.05) is 12.1 Å². The van der Waals surface area contributed by atoms with Gasteiger partial charge in [0.2, 0.25) is 0 Å². The number of fused-ring (bicyclic) bond motifs is 5. The van der Waals surface area contributed by atoms with Crippen molar-refractivity contribution in [3.05, 3.63) is 0 Å². The molecule has 0 heterocycles. The highest BCUT2D eigenvalue weighted by atomic mass is 35.5. The highest BCUT2D eigenvalue weighted by molar-refractivity contribution is 7.80. The van der Waals surface area contributed by atoms with E-state index in [2.05, 4.69) is 31.4 Å². The fourth-order valence-electron chi connectivity index (χ4n) is 9.83. The van der Waals surface area contributed by atoms with Crippen LogP contribution in [0.3, 0.4) is 0 Å². The van der Waals surface area contributed by atoms with E-state index in [1.807, 2.05) is 0 Å². The zero-order valence-electron chi connectivity index (χ0n) is 25.8. The number of rotatable bonds is 13. The van der Waals surface area contributed by atoms with Crippen molar-refractivity contribution in [2.24, 2.45) is 57.8 Å². The lowest BCUT2D eigenvalue weighted by Crippen LogP contribution is -2.61. The molecule has 4 aliphatic carbocycles. The van der Waals surface area contributed by atoms with Gasteiger partial charge >= 0.3 is 10.4 Å². The van der Waals surface area contributed by atoms with E-state index in [0.717, 1.165) is 51.9 Å². The number of unbranched alkanes of at least 4 members (excludes halogenated alkanes) is 1. The average molecular weight is 703 g/mol. The molecule has 8 nitrogen and oxygen atoms in total. The first-order valence-electron chi connectivity index (χ1n) is 15.5. The summed E-state index contributed by atoms with van der Waals surface area (Å²) in [5.41, 5.74) is 13.2. The molecule has 10 atom stereocenters. The summed E-state index contributed by atoms with van der Waals surface area (Å²) in [6.07, 6.45) is 13.1. The predicted molar refractivity (Wildman–Crippen MR) is 182 cm³/mol. The predicted octanol–water partition coefficient (Wildman–Crippen LogP) is 5.40. The monoisotopic (exact) mass is 700 g/mol. The van der Waals surface area contributed by atoms with Crippen molar-refractivity contribution in [2.75, 3.05) is 32.8 Å². The van der Waals surface area contributed by atoms with Gasteiger partial charge in [-0.1, -0.05) is 20.8 Å². The first-order chi connectivity index (χ1) is 18.0. The molecule has 0 saturated heterocycles. The second-order valence-corrected chi connectivity index (χ2v) is 14.9. The second-order valence-electron chi connectivity index (χ2n) is 13.8. The quantitative estimate of drug-likeness (QED) is 0.127. The highest BCUT2D eigenvalue weighted by Gasteiger charge is 2.62. The molecule has 0 amide bonds. The standard InChI is InChI=1S/C29H56N4O4S.4ClH/c1-20(19-37-38(34,35)36)23-7-8-24-27-25(10-12-29(23,24)3)28(2)11-9-22(17-21(28)18-26(27)31)33-16-6-15-32-14-5-4-13-30;;;;/h20-27,32-33H,4-19,30-31H2,1-3H3,(H,34,35,36);4*1H/t20-,21-,22-,23-,24+,25+,26-,27+,28+,29-;;;;/m1..../s1. The molecule has 4 fully saturated rings. The van der Waals surface area contributed by atoms with Crippen LogP contribution >= 0.6 is 49.6 Å². The summed E-state index contributed by atoms with van der Waals surface area (Å²) in [6, 6.07) is 0.865. The summed E-state index contributed by atoms with van der Waals surface area (Å²) in [5.74, 6) is 3.04. The second kappa shape index (κ2) is 18.3. The lowest BCUT2D eigenvalue weighted by molar-refractivity contribution is -0.126. The maximum absolute atomic E-state index is 11.2. The van der Waals surface area contributed by atoms with Gasteiger partial charge in [0.25, 0.3) is 0 Å². The molecular formula is C29H60Cl4N4O4S. The number of halogens is 4. The maximum atomic E-state index is 11.2. The van der Waals surface area contributed by atoms with Crippen molar-refractivity contribution < 1.29 is 17.2 Å². The van der Waals surface area contributed by atoms with Gasteiger partial charge < -0.3 is 22.1 Å². The third-order valence-corrected chi connectivity index (χ3v) is 12.2. The van der Waals surface area contributed by atoms with E-state index in [9.17, 15) is 8.42 Å². The first kappa shape index (κ1) is 42.9. The lowest BCUT2D eigenvalue weighted by Gasteiger charge is -2.63. The zero-order chi connectivity index (χ0) is 27.6. The fourth-order valence-corrected chi connectivity index (χ4v) is 10.2. The SMILES string of the molecule is C[C@H](COS(=O)(=O)O)[C@H]1CC[C@H]2[C@@H]3[C@H](N)C[C@H]4C[C@H](NCCCNCCCCN)CC[C@]4(C)[C@H]3CC[C@]12C.Cl.Cl.Cl.Cl. The van der Waals surface area contributed by atoms with Crippen LogP contribution in [0.25, 0.3) is 0 Å². The van der Waals surface area contributed by atoms with Gasteiger partial charge in [0.15, 0.2) is 0 Å². The van der Waals surface area contributed by atoms with Crippen molar-refractivity contribution in [2.45, 2.75) is 103 Å². The van der Waals surface area contributed by atoms with Gasteiger partial charge in [0.1, 0.15) is 0 Å². The van der Waals surface area contributed by atoms with Crippen LogP contribution in [0.4, 0.5) is 0 Å². The Balaban J connectivity index is 0.00000420. The number of hydrogen-bond donors (Lipinski definition) is 5. The van der Waals surface area contributed by atoms with Crippen LogP contribution < -0.4 is 22.1 Å². The molecule has 4 rings (SSSR count). The van der Waals surface area contributed by atoms with Gasteiger partial charge in [-0.15, -0.1) is 49.6 Å². The minimum Gasteiger partial charge on any atom is -0.330 e. The number of nitrogens with one attached hydrogen (secondary N) is 2. The van der Waals surface area contributed by atoms with Crippen molar-refractivity contribution >= 4 is 60.0 Å². The minimum atomic E-state index is -4.40. The van der Waals surface area contributed by atoms with Gasteiger partial charge in [0.05, 0.1) is 6.61 Å². The Morgan fingerprint density at radius 1 is 0.905 bits per heavy atom. The van der Waals surface area contributed by atoms with Crippen LogP contribution in [-0.4, -0.2) is 57.8 Å². The molecule has 0 aliphatic heterocycles. The normalized spacial score (nSPS) is 37.8. The van der Waals surface area contributed by atoms with Crippen molar-refractivity contribution in [3.8, 4) is 0 Å². The molecule has 0 unspecified atom stereocenters. The largest absolute Gasteiger partial charge is 0.397 e. The average Bonchev–Trinajstić information content (AvgIpc) is 3.21. The number of hydrogen-bond acceptors (Lipinski definition) is 7. The summed E-state index contributed by atoms with van der Waals surface area (Å²) in [5, 5.41) is 7.41. The fraction of sp³-hybridized carbons (Fsp3) is 1.00. The van der Waals surface area contributed by atoms with Crippen LogP contribution in [0.5, 0.6) is 0 Å². The van der Waals surface area contributed by atoms with Crippen LogP contribution in [0.2, 0.25) is 0 Å². The van der Waals surface area contributed by atoms with E-state index < -0.39 is 10.4 Å². The minimum absolute atomic E-state index is 0. The lowest BCUT2D eigenvalue weighted by atomic mass is 9.43. The molecule has 0 aromatic heterocycles. The molecule has 42 heavy (non-hydrogen) atoms. The summed E-state index contributed by atoms with van der Waals surface area (Å²) >= 11 is 0. The molecule has 0 aromatic carbocycles. The molecule has 0 bridgehead atoms. The van der Waals surface area contributed by atoms with E-state index in [4.69, 9.17) is 20.2 Å². The Morgan fingerprint density at radius 2 is 1.55 bits per heavy atom. The molecule has 0 spiro atoms. The van der Waals surface area contributed by atoms with E-state index in [-0.39, 0.29) is 73.6 Å². The molecule has 4 saturated carbocycles. The molecule has 7 N–H and O–H groups in total. The van der Waals surface area contributed by atoms with Crippen LogP contribution in [0.15, 0.2) is 0 Å². The topological polar surface area (TPSA) is 140 Å². The van der Waals surface area contributed by atoms with E-state index in [0.29, 0.717) is 41.0 Å². The summed E-state index contributed by atoms with van der Waals surface area (Å²) in [4.78, 5) is 0. The van der Waals surface area contributed by atoms with E-state index in [1.54, 1.807) is 0 Å². The maximum Gasteiger partial charge on any atom is 0.397 e. The first-order valence-corrected chi connectivity index (χ1v) is 16.9. The van der Waals surface area contributed by atoms with Crippen molar-refractivity contribution in [3.63, 3.8) is 0 Å². The van der Waals surface area contributed by atoms with Gasteiger partial charge in [-0.25, -0.2) is 4.18 Å². The van der Waals surface area contributed by atoms with Crippen molar-refractivity contribution in [1.82, 2.24) is 10.6 Å². The van der Waals surface area contributed by atoms with Gasteiger partial charge in [-0.2, -0.15) is 8.42 Å².